The molecule has 2 saturated carbocycles. The summed E-state index contributed by atoms with van der Waals surface area (Å²) < 4.78 is 30.0. The Morgan fingerprint density at radius 1 is 0.879 bits per heavy atom. The maximum Gasteiger partial charge on any atom is 0.175 e. The number of halogens is 2. The molecule has 1 atom stereocenters. The summed E-state index contributed by atoms with van der Waals surface area (Å²) >= 11 is 0. The zero-order chi connectivity index (χ0) is 23.4. The van der Waals surface area contributed by atoms with Gasteiger partial charge in [-0.25, -0.2) is 8.78 Å². The van der Waals surface area contributed by atoms with Crippen LogP contribution in [-0.4, -0.2) is 5.78 Å². The molecule has 0 amide bonds. The lowest BCUT2D eigenvalue weighted by atomic mass is 9.68. The number of carbonyl (C=O) groups is 1. The van der Waals surface area contributed by atoms with Gasteiger partial charge in [0.1, 0.15) is 11.6 Å². The van der Waals surface area contributed by atoms with Crippen molar-refractivity contribution in [3.05, 3.63) is 70.8 Å². The summed E-state index contributed by atoms with van der Waals surface area (Å²) in [6.07, 6.45) is 12.4. The van der Waals surface area contributed by atoms with Gasteiger partial charge in [0.2, 0.25) is 0 Å². The van der Waals surface area contributed by atoms with Crippen LogP contribution in [0.1, 0.15) is 111 Å². The van der Waals surface area contributed by atoms with Crippen LogP contribution in [0.5, 0.6) is 0 Å². The van der Waals surface area contributed by atoms with Gasteiger partial charge in [0.25, 0.3) is 0 Å². The molecule has 2 fully saturated rings. The van der Waals surface area contributed by atoms with Gasteiger partial charge in [-0.1, -0.05) is 69.9 Å². The zero-order valence-corrected chi connectivity index (χ0v) is 20.2. The zero-order valence-electron chi connectivity index (χ0n) is 20.2. The molecule has 0 radical (unpaired) electrons. The van der Waals surface area contributed by atoms with Crippen LogP contribution in [-0.2, 0) is 0 Å². The van der Waals surface area contributed by atoms with Crippen LogP contribution in [0.3, 0.4) is 0 Å². The Kier molecular flexibility index (Phi) is 7.98. The summed E-state index contributed by atoms with van der Waals surface area (Å²) in [4.78, 5) is 12.9. The minimum atomic E-state index is -0.714. The molecule has 0 unspecified atom stereocenters. The molecule has 33 heavy (non-hydrogen) atoms. The van der Waals surface area contributed by atoms with Crippen molar-refractivity contribution in [3.8, 4) is 0 Å². The molecule has 1 nitrogen and oxygen atoms in total. The maximum absolute atomic E-state index is 15.0. The van der Waals surface area contributed by atoms with E-state index in [-0.39, 0.29) is 5.92 Å². The third-order valence-corrected chi connectivity index (χ3v) is 8.50. The van der Waals surface area contributed by atoms with E-state index in [0.717, 1.165) is 54.6 Å². The van der Waals surface area contributed by atoms with Gasteiger partial charge < -0.3 is 0 Å². The molecule has 2 aromatic rings. The molecule has 4 rings (SSSR count). The van der Waals surface area contributed by atoms with Crippen molar-refractivity contribution in [2.45, 2.75) is 89.9 Å². The Morgan fingerprint density at radius 3 is 1.97 bits per heavy atom. The van der Waals surface area contributed by atoms with E-state index < -0.39 is 28.9 Å². The lowest BCUT2D eigenvalue weighted by Crippen LogP contribution is -2.25. The van der Waals surface area contributed by atoms with Gasteiger partial charge in [0.05, 0.1) is 5.56 Å². The van der Waals surface area contributed by atoms with Crippen molar-refractivity contribution in [1.82, 2.24) is 0 Å². The number of hydrogen-bond donors (Lipinski definition) is 0. The van der Waals surface area contributed by atoms with E-state index in [9.17, 15) is 13.6 Å². The average molecular weight is 453 g/mol. The molecule has 0 bridgehead atoms. The number of benzene rings is 2. The van der Waals surface area contributed by atoms with Crippen LogP contribution in [0, 0.1) is 29.4 Å². The highest BCUT2D eigenvalue weighted by molar-refractivity contribution is 6.01. The van der Waals surface area contributed by atoms with Crippen molar-refractivity contribution >= 4 is 5.78 Å². The lowest BCUT2D eigenvalue weighted by molar-refractivity contribution is 0.0957. The van der Waals surface area contributed by atoms with Crippen molar-refractivity contribution in [2.24, 2.45) is 17.8 Å². The van der Waals surface area contributed by atoms with Crippen molar-refractivity contribution in [3.63, 3.8) is 0 Å². The molecule has 2 aliphatic carbocycles. The van der Waals surface area contributed by atoms with E-state index in [2.05, 4.69) is 6.92 Å². The van der Waals surface area contributed by atoms with Crippen molar-refractivity contribution in [2.75, 3.05) is 0 Å². The summed E-state index contributed by atoms with van der Waals surface area (Å²) in [5.74, 6) is 0.229. The minimum absolute atomic E-state index is 0.192. The molecule has 2 aliphatic rings. The van der Waals surface area contributed by atoms with Crippen LogP contribution < -0.4 is 0 Å². The highest BCUT2D eigenvalue weighted by atomic mass is 19.1. The van der Waals surface area contributed by atoms with Crippen molar-refractivity contribution < 1.29 is 13.6 Å². The first kappa shape index (κ1) is 24.1. The normalized spacial score (nSPS) is 26.7. The fourth-order valence-electron chi connectivity index (χ4n) is 6.45. The highest BCUT2D eigenvalue weighted by Crippen LogP contribution is 2.44. The topological polar surface area (TPSA) is 17.1 Å². The van der Waals surface area contributed by atoms with Gasteiger partial charge in [-0.15, -0.1) is 0 Å². The van der Waals surface area contributed by atoms with E-state index in [1.165, 1.54) is 50.7 Å². The number of ketones is 1. The smallest absolute Gasteiger partial charge is 0.175 e. The predicted octanol–water partition coefficient (Wildman–Crippen LogP) is 8.83. The monoisotopic (exact) mass is 452 g/mol. The van der Waals surface area contributed by atoms with E-state index in [1.54, 1.807) is 6.92 Å². The number of rotatable bonds is 7. The largest absolute Gasteiger partial charge is 0.293 e. The van der Waals surface area contributed by atoms with Gasteiger partial charge in [0.15, 0.2) is 5.78 Å². The van der Waals surface area contributed by atoms with Crippen molar-refractivity contribution in [1.29, 1.82) is 0 Å². The van der Waals surface area contributed by atoms with Gasteiger partial charge >= 0.3 is 0 Å². The molecule has 0 heterocycles. The molecular formula is C30H38F2O. The molecule has 178 valence electrons. The third-order valence-electron chi connectivity index (χ3n) is 8.50. The molecular weight excluding hydrogens is 414 g/mol. The predicted molar refractivity (Wildman–Crippen MR) is 131 cm³/mol. The second-order valence-electron chi connectivity index (χ2n) is 10.5. The Hall–Kier alpha value is -2.03. The number of Topliss-reactive ketones (excluding diaryl/α,β-unsaturated/α-hetero) is 1. The van der Waals surface area contributed by atoms with Gasteiger partial charge in [-0.3, -0.25) is 4.79 Å². The summed E-state index contributed by atoms with van der Waals surface area (Å²) in [6, 6.07) is 12.0. The fourth-order valence-corrected chi connectivity index (χ4v) is 6.45. The SMILES string of the molecule is CCC[C@H]1CC[C@H]([C@H]2CC[C@H](c3cc(F)c(C(=O)[C@H](C)c4ccccc4)c(F)c3)CC2)CC1. The quantitative estimate of drug-likeness (QED) is 0.384. The van der Waals surface area contributed by atoms with Crippen LogP contribution in [0.4, 0.5) is 8.78 Å². The molecule has 2 aromatic carbocycles. The van der Waals surface area contributed by atoms with Crippen LogP contribution in [0.15, 0.2) is 42.5 Å². The molecule has 0 spiro atoms. The van der Waals surface area contributed by atoms with E-state index in [1.807, 2.05) is 30.3 Å². The molecule has 0 aromatic heterocycles. The Bertz CT molecular complexity index is 899. The maximum atomic E-state index is 15.0. The summed E-state index contributed by atoms with van der Waals surface area (Å²) in [5.41, 5.74) is 1.10. The fraction of sp³-hybridized carbons (Fsp3) is 0.567. The summed E-state index contributed by atoms with van der Waals surface area (Å²) in [6.45, 7) is 3.99. The molecule has 0 saturated heterocycles. The average Bonchev–Trinajstić information content (AvgIpc) is 2.84. The Balaban J connectivity index is 1.38. The second-order valence-corrected chi connectivity index (χ2v) is 10.5. The first-order valence-electron chi connectivity index (χ1n) is 13.1. The van der Waals surface area contributed by atoms with Gasteiger partial charge in [-0.2, -0.15) is 0 Å². The van der Waals surface area contributed by atoms with Gasteiger partial charge in [-0.05, 0) is 85.5 Å². The third kappa shape index (κ3) is 5.55. The molecule has 0 N–H and O–H groups in total. The summed E-state index contributed by atoms with van der Waals surface area (Å²) in [7, 11) is 0. The minimum Gasteiger partial charge on any atom is -0.293 e. The second kappa shape index (κ2) is 10.9. The number of hydrogen-bond acceptors (Lipinski definition) is 1. The van der Waals surface area contributed by atoms with E-state index in [0.29, 0.717) is 0 Å². The van der Waals surface area contributed by atoms with Crippen LogP contribution in [0.25, 0.3) is 0 Å². The standard InChI is InChI=1S/C30H38F2O/c1-3-7-21-10-12-23(13-11-21)24-14-16-25(17-15-24)26-18-27(31)29(28(32)19-26)30(33)20(2)22-8-5-4-6-9-22/h4-6,8-9,18-21,23-25H,3,7,10-17H2,1-2H3/t20-,21-,23-,24-,25-/m1/s1. The summed E-state index contributed by atoms with van der Waals surface area (Å²) in [5, 5.41) is 0. The van der Waals surface area contributed by atoms with Gasteiger partial charge in [0, 0.05) is 5.92 Å². The van der Waals surface area contributed by atoms with E-state index >= 15 is 0 Å². The Labute approximate surface area is 198 Å². The Morgan fingerprint density at radius 2 is 1.42 bits per heavy atom. The van der Waals surface area contributed by atoms with E-state index in [4.69, 9.17) is 0 Å². The molecule has 3 heteroatoms. The first-order valence-corrected chi connectivity index (χ1v) is 13.1. The first-order chi connectivity index (χ1) is 16.0. The van der Waals surface area contributed by atoms with Crippen LogP contribution in [0.2, 0.25) is 0 Å². The lowest BCUT2D eigenvalue weighted by Gasteiger charge is -2.38. The van der Waals surface area contributed by atoms with Crippen LogP contribution >= 0.6 is 0 Å². The molecule has 0 aliphatic heterocycles. The highest BCUT2D eigenvalue weighted by Gasteiger charge is 2.32. The number of carbonyl (C=O) groups excluding carboxylic acids is 1.